The van der Waals surface area contributed by atoms with Crippen LogP contribution in [0.2, 0.25) is 0 Å². The van der Waals surface area contributed by atoms with Crippen molar-refractivity contribution in [3.8, 4) is 16.9 Å². The highest BCUT2D eigenvalue weighted by molar-refractivity contribution is 7.98. The Morgan fingerprint density at radius 1 is 1.25 bits per heavy atom. The lowest BCUT2D eigenvalue weighted by Crippen LogP contribution is -2.12. The second-order valence-electron chi connectivity index (χ2n) is 6.06. The largest absolute Gasteiger partial charge is 0.464 e. The van der Waals surface area contributed by atoms with Crippen LogP contribution >= 0.6 is 11.8 Å². The summed E-state index contributed by atoms with van der Waals surface area (Å²) in [5, 5.41) is 9.54. The quantitative estimate of drug-likeness (QED) is 0.655. The number of nitrogens with two attached hydrogens (primary N) is 1. The van der Waals surface area contributed by atoms with E-state index < -0.39 is 16.0 Å². The Morgan fingerprint density at radius 2 is 1.96 bits per heavy atom. The van der Waals surface area contributed by atoms with E-state index in [1.165, 1.54) is 60.0 Å². The molecule has 0 amide bonds. The Balaban J connectivity index is 1.95. The minimum atomic E-state index is -3.83. The van der Waals surface area contributed by atoms with Crippen LogP contribution in [0.5, 0.6) is 0 Å². The fraction of sp³-hybridized carbons (Fsp3) is 0.111. The Morgan fingerprint density at radius 3 is 2.61 bits per heavy atom. The van der Waals surface area contributed by atoms with Gasteiger partial charge in [-0.15, -0.1) is 11.8 Å². The number of nitrogens with zero attached hydrogens (tertiary/aromatic N) is 2. The van der Waals surface area contributed by atoms with Gasteiger partial charge in [0.1, 0.15) is 5.82 Å². The van der Waals surface area contributed by atoms with Crippen LogP contribution in [0.3, 0.4) is 0 Å². The molecule has 1 aromatic heterocycles. The highest BCUT2D eigenvalue weighted by Gasteiger charge is 2.30. The van der Waals surface area contributed by atoms with E-state index in [9.17, 15) is 17.6 Å². The summed E-state index contributed by atoms with van der Waals surface area (Å²) >= 11 is 1.37. The van der Waals surface area contributed by atoms with E-state index in [2.05, 4.69) is 5.10 Å². The minimum absolute atomic E-state index is 0.0395. The number of hydrogen-bond acceptors (Lipinski definition) is 6. The number of sulfonamides is 1. The molecule has 7 nitrogen and oxygen atoms in total. The molecule has 10 heteroatoms. The van der Waals surface area contributed by atoms with E-state index in [4.69, 9.17) is 9.88 Å². The van der Waals surface area contributed by atoms with Crippen molar-refractivity contribution in [2.45, 2.75) is 15.5 Å². The van der Waals surface area contributed by atoms with Crippen molar-refractivity contribution in [2.24, 2.45) is 5.14 Å². The molecule has 3 aromatic rings. The van der Waals surface area contributed by atoms with Crippen molar-refractivity contribution >= 4 is 27.8 Å². The van der Waals surface area contributed by atoms with Gasteiger partial charge >= 0.3 is 5.97 Å². The van der Waals surface area contributed by atoms with Crippen LogP contribution in [0.4, 0.5) is 4.39 Å². The third kappa shape index (κ3) is 3.09. The first-order chi connectivity index (χ1) is 13.3. The van der Waals surface area contributed by atoms with Gasteiger partial charge in [-0.2, -0.15) is 5.10 Å². The molecule has 2 heterocycles. The highest BCUT2D eigenvalue weighted by atomic mass is 32.2. The van der Waals surface area contributed by atoms with E-state index in [0.717, 1.165) is 11.1 Å². The van der Waals surface area contributed by atoms with Crippen LogP contribution in [-0.4, -0.2) is 31.3 Å². The molecule has 144 valence electrons. The maximum Gasteiger partial charge on any atom is 0.359 e. The first kappa shape index (κ1) is 18.7. The van der Waals surface area contributed by atoms with Crippen LogP contribution in [0.25, 0.3) is 16.9 Å². The van der Waals surface area contributed by atoms with Gasteiger partial charge in [0.15, 0.2) is 5.69 Å². The number of thioether (sulfide) groups is 1. The molecular formula is C18H14FN3O4S2. The topological polar surface area (TPSA) is 104 Å². The number of carbonyl (C=O) groups excluding carboxylic acids is 1. The number of carbonyl (C=O) groups is 1. The first-order valence-electron chi connectivity index (χ1n) is 8.06. The lowest BCUT2D eigenvalue weighted by Gasteiger charge is -2.18. The summed E-state index contributed by atoms with van der Waals surface area (Å²) in [6.45, 7) is 0. The summed E-state index contributed by atoms with van der Waals surface area (Å²) < 4.78 is 43.0. The lowest BCUT2D eigenvalue weighted by molar-refractivity contribution is 0.0589. The zero-order valence-electron chi connectivity index (χ0n) is 14.5. The highest BCUT2D eigenvalue weighted by Crippen LogP contribution is 2.44. The van der Waals surface area contributed by atoms with Crippen molar-refractivity contribution < 1.29 is 22.3 Å². The maximum atomic E-state index is 13.7. The summed E-state index contributed by atoms with van der Waals surface area (Å²) in [5.41, 5.74) is 2.81. The summed E-state index contributed by atoms with van der Waals surface area (Å²) in [6.07, 6.45) is 0. The predicted octanol–water partition coefficient (Wildman–Crippen LogP) is 2.72. The zero-order valence-corrected chi connectivity index (χ0v) is 16.2. The van der Waals surface area contributed by atoms with E-state index in [0.29, 0.717) is 22.0 Å². The fourth-order valence-corrected chi connectivity index (χ4v) is 4.68. The number of fused-ring (bicyclic) bond motifs is 3. The maximum absolute atomic E-state index is 13.7. The average Bonchev–Trinajstić information content (AvgIpc) is 3.06. The average molecular weight is 419 g/mol. The van der Waals surface area contributed by atoms with Crippen molar-refractivity contribution in [3.05, 3.63) is 59.5 Å². The van der Waals surface area contributed by atoms with E-state index >= 15 is 0 Å². The van der Waals surface area contributed by atoms with Gasteiger partial charge in [0, 0.05) is 11.3 Å². The van der Waals surface area contributed by atoms with E-state index in [-0.39, 0.29) is 16.4 Å². The Hall–Kier alpha value is -2.69. The fourth-order valence-electron chi connectivity index (χ4n) is 3.03. The summed E-state index contributed by atoms with van der Waals surface area (Å²) in [6, 6.07) is 10.2. The molecule has 0 fully saturated rings. The molecule has 0 unspecified atom stereocenters. The van der Waals surface area contributed by atoms with Crippen molar-refractivity contribution in [1.82, 2.24) is 9.78 Å². The number of esters is 1. The summed E-state index contributed by atoms with van der Waals surface area (Å²) in [7, 11) is -2.56. The lowest BCUT2D eigenvalue weighted by atomic mass is 10.0. The smallest absolute Gasteiger partial charge is 0.359 e. The molecule has 4 rings (SSSR count). The third-order valence-electron chi connectivity index (χ3n) is 4.32. The number of benzene rings is 2. The van der Waals surface area contributed by atoms with Crippen molar-refractivity contribution in [1.29, 1.82) is 0 Å². The number of primary sulfonamides is 1. The standard InChI is InChI=1S/C18H14FN3O4S2/c1-26-18(23)15-17-16(14-7-2-11(19)8-10(14)9-27-17)22(21-15)12-3-5-13(6-4-12)28(20,24)25/h2-8H,9H2,1H3,(H2,20,24,25). The molecule has 0 bridgehead atoms. The molecule has 0 radical (unpaired) electrons. The van der Waals surface area contributed by atoms with Crippen LogP contribution in [-0.2, 0) is 20.5 Å². The number of halogens is 1. The summed E-state index contributed by atoms with van der Waals surface area (Å²) in [4.78, 5) is 12.8. The normalized spacial score (nSPS) is 13.0. The van der Waals surface area contributed by atoms with Gasteiger partial charge in [0.25, 0.3) is 0 Å². The molecule has 1 aliphatic rings. The molecule has 0 saturated heterocycles. The monoisotopic (exact) mass is 419 g/mol. The van der Waals surface area contributed by atoms with Crippen LogP contribution in [0.15, 0.2) is 52.3 Å². The Bertz CT molecular complexity index is 1200. The second kappa shape index (κ2) is 6.73. The van der Waals surface area contributed by atoms with Crippen molar-refractivity contribution in [2.75, 3.05) is 7.11 Å². The Labute approximate surface area is 164 Å². The second-order valence-corrected chi connectivity index (χ2v) is 8.61. The molecule has 28 heavy (non-hydrogen) atoms. The number of ether oxygens (including phenoxy) is 1. The van der Waals surface area contributed by atoms with Crippen molar-refractivity contribution in [3.63, 3.8) is 0 Å². The molecule has 0 aliphatic carbocycles. The van der Waals surface area contributed by atoms with Crippen LogP contribution in [0, 0.1) is 5.82 Å². The van der Waals surface area contributed by atoms with Gasteiger partial charge in [-0.05, 0) is 48.0 Å². The first-order valence-corrected chi connectivity index (χ1v) is 10.6. The van der Waals surface area contributed by atoms with Gasteiger partial charge in [-0.25, -0.2) is 27.4 Å². The predicted molar refractivity (Wildman–Crippen MR) is 101 cm³/mol. The van der Waals surface area contributed by atoms with Gasteiger partial charge in [-0.1, -0.05) is 0 Å². The third-order valence-corrected chi connectivity index (χ3v) is 6.38. The SMILES string of the molecule is COC(=O)c1nn(-c2ccc(S(N)(=O)=O)cc2)c2c1SCc1cc(F)ccc1-2. The number of aromatic nitrogens is 2. The van der Waals surface area contributed by atoms with Gasteiger partial charge in [0.2, 0.25) is 10.0 Å². The number of methoxy groups -OCH3 is 1. The van der Waals surface area contributed by atoms with Crippen LogP contribution < -0.4 is 5.14 Å². The Kier molecular flexibility index (Phi) is 4.48. The van der Waals surface area contributed by atoms with Gasteiger partial charge in [-0.3, -0.25) is 0 Å². The minimum Gasteiger partial charge on any atom is -0.464 e. The van der Waals surface area contributed by atoms with Crippen LogP contribution in [0.1, 0.15) is 16.1 Å². The molecule has 2 aromatic carbocycles. The summed E-state index contributed by atoms with van der Waals surface area (Å²) in [5.74, 6) is -0.450. The number of hydrogen-bond donors (Lipinski definition) is 1. The molecule has 0 saturated carbocycles. The van der Waals surface area contributed by atoms with E-state index in [1.54, 1.807) is 6.07 Å². The molecular weight excluding hydrogens is 405 g/mol. The van der Waals surface area contributed by atoms with E-state index in [1.807, 2.05) is 0 Å². The zero-order chi connectivity index (χ0) is 20.1. The molecule has 1 aliphatic heterocycles. The molecule has 0 spiro atoms. The molecule has 2 N–H and O–H groups in total. The molecule has 0 atom stereocenters. The number of rotatable bonds is 3. The van der Waals surface area contributed by atoms with Gasteiger partial charge in [0.05, 0.1) is 28.3 Å². The van der Waals surface area contributed by atoms with Gasteiger partial charge < -0.3 is 4.74 Å².